The van der Waals surface area contributed by atoms with Crippen molar-refractivity contribution in [2.75, 3.05) is 13.2 Å². The van der Waals surface area contributed by atoms with Crippen LogP contribution in [0.5, 0.6) is 0 Å². The summed E-state index contributed by atoms with van der Waals surface area (Å²) in [7, 11) is 0. The first-order valence-electron chi connectivity index (χ1n) is 4.44. The lowest BCUT2D eigenvalue weighted by Crippen LogP contribution is -2.05. The molecular formula is C10H16O2. The van der Waals surface area contributed by atoms with Gasteiger partial charge in [-0.15, -0.1) is 0 Å². The molecule has 0 aromatic carbocycles. The number of ether oxygens (including phenoxy) is 2. The molecule has 0 N–H and O–H groups in total. The van der Waals surface area contributed by atoms with E-state index in [-0.39, 0.29) is 6.29 Å². The Balaban J connectivity index is 2.01. The first-order chi connectivity index (χ1) is 5.93. The largest absolute Gasteiger partial charge is 0.350 e. The lowest BCUT2D eigenvalue weighted by atomic mass is 10.3. The Bertz CT molecular complexity index is 155. The Hall–Kier alpha value is -0.600. The molecule has 1 rings (SSSR count). The van der Waals surface area contributed by atoms with Gasteiger partial charge in [0.1, 0.15) is 0 Å². The van der Waals surface area contributed by atoms with Crippen LogP contribution < -0.4 is 0 Å². The number of rotatable bonds is 4. The molecule has 0 aromatic heterocycles. The summed E-state index contributed by atoms with van der Waals surface area (Å²) in [5.41, 5.74) is 0. The van der Waals surface area contributed by atoms with Crippen LogP contribution in [0.1, 0.15) is 19.8 Å². The molecule has 0 aromatic rings. The van der Waals surface area contributed by atoms with Gasteiger partial charge in [-0.2, -0.15) is 0 Å². The Morgan fingerprint density at radius 2 is 2.00 bits per heavy atom. The van der Waals surface area contributed by atoms with Crippen molar-refractivity contribution >= 4 is 0 Å². The summed E-state index contributed by atoms with van der Waals surface area (Å²) >= 11 is 0. The first-order valence-corrected chi connectivity index (χ1v) is 4.44. The van der Waals surface area contributed by atoms with Gasteiger partial charge in [0.15, 0.2) is 6.29 Å². The summed E-state index contributed by atoms with van der Waals surface area (Å²) < 4.78 is 10.6. The van der Waals surface area contributed by atoms with Crippen LogP contribution in [0.3, 0.4) is 0 Å². The van der Waals surface area contributed by atoms with E-state index in [0.717, 1.165) is 26.1 Å². The minimum absolute atomic E-state index is 0.0419. The molecule has 0 unspecified atom stereocenters. The molecule has 0 spiro atoms. The van der Waals surface area contributed by atoms with Gasteiger partial charge in [-0.1, -0.05) is 24.3 Å². The highest BCUT2D eigenvalue weighted by molar-refractivity contribution is 5.00. The van der Waals surface area contributed by atoms with Gasteiger partial charge in [-0.3, -0.25) is 0 Å². The van der Waals surface area contributed by atoms with Crippen molar-refractivity contribution in [3.8, 4) is 0 Å². The molecule has 1 aliphatic rings. The molecule has 2 nitrogen and oxygen atoms in total. The Labute approximate surface area is 73.9 Å². The second kappa shape index (κ2) is 5.98. The van der Waals surface area contributed by atoms with Crippen molar-refractivity contribution in [1.29, 1.82) is 0 Å². The van der Waals surface area contributed by atoms with Crippen molar-refractivity contribution in [3.63, 3.8) is 0 Å². The predicted octanol–water partition coefficient (Wildman–Crippen LogP) is 2.27. The summed E-state index contributed by atoms with van der Waals surface area (Å²) in [5.74, 6) is 0. The highest BCUT2D eigenvalue weighted by atomic mass is 16.7. The molecule has 1 aliphatic heterocycles. The quantitative estimate of drug-likeness (QED) is 0.599. The Morgan fingerprint density at radius 3 is 2.67 bits per heavy atom. The standard InChI is InChI=1S/C10H16O2/c1-2-3-4-5-6-7-10-11-8-9-12-10/h2-5,10H,6-9H2,1H3. The molecule has 0 atom stereocenters. The number of allylic oxidation sites excluding steroid dienone is 4. The van der Waals surface area contributed by atoms with Gasteiger partial charge < -0.3 is 9.47 Å². The van der Waals surface area contributed by atoms with Gasteiger partial charge in [0, 0.05) is 6.42 Å². The van der Waals surface area contributed by atoms with Crippen LogP contribution in [0.15, 0.2) is 24.3 Å². The second-order valence-electron chi connectivity index (χ2n) is 2.70. The average molecular weight is 168 g/mol. The first kappa shape index (κ1) is 9.49. The molecule has 68 valence electrons. The second-order valence-corrected chi connectivity index (χ2v) is 2.70. The van der Waals surface area contributed by atoms with E-state index in [1.54, 1.807) is 0 Å². The predicted molar refractivity (Wildman–Crippen MR) is 48.9 cm³/mol. The van der Waals surface area contributed by atoms with Gasteiger partial charge in [0.2, 0.25) is 0 Å². The van der Waals surface area contributed by atoms with Gasteiger partial charge in [-0.25, -0.2) is 0 Å². The molecule has 0 radical (unpaired) electrons. The highest BCUT2D eigenvalue weighted by Gasteiger charge is 2.13. The topological polar surface area (TPSA) is 18.5 Å². The van der Waals surface area contributed by atoms with Crippen LogP contribution in [0.4, 0.5) is 0 Å². The Morgan fingerprint density at radius 1 is 1.25 bits per heavy atom. The summed E-state index contributed by atoms with van der Waals surface area (Å²) in [6.45, 7) is 3.51. The third-order valence-corrected chi connectivity index (χ3v) is 1.70. The average Bonchev–Trinajstić information content (AvgIpc) is 2.57. The number of hydrogen-bond donors (Lipinski definition) is 0. The van der Waals surface area contributed by atoms with Gasteiger partial charge in [0.05, 0.1) is 13.2 Å². The van der Waals surface area contributed by atoms with Crippen LogP contribution in [0, 0.1) is 0 Å². The fourth-order valence-electron chi connectivity index (χ4n) is 1.09. The zero-order valence-corrected chi connectivity index (χ0v) is 7.53. The summed E-state index contributed by atoms with van der Waals surface area (Å²) in [6, 6.07) is 0. The summed E-state index contributed by atoms with van der Waals surface area (Å²) in [5, 5.41) is 0. The molecule has 2 heteroatoms. The fourth-order valence-corrected chi connectivity index (χ4v) is 1.09. The van der Waals surface area contributed by atoms with Gasteiger partial charge in [0.25, 0.3) is 0 Å². The van der Waals surface area contributed by atoms with Crippen LogP contribution in [-0.4, -0.2) is 19.5 Å². The van der Waals surface area contributed by atoms with Gasteiger partial charge >= 0.3 is 0 Å². The third-order valence-electron chi connectivity index (χ3n) is 1.70. The van der Waals surface area contributed by atoms with E-state index in [1.165, 1.54) is 0 Å². The van der Waals surface area contributed by atoms with Gasteiger partial charge in [-0.05, 0) is 13.3 Å². The number of hydrogen-bond acceptors (Lipinski definition) is 2. The smallest absolute Gasteiger partial charge is 0.158 e. The van der Waals surface area contributed by atoms with Crippen LogP contribution in [-0.2, 0) is 9.47 Å². The summed E-state index contributed by atoms with van der Waals surface area (Å²) in [4.78, 5) is 0. The van der Waals surface area contributed by atoms with E-state index in [4.69, 9.17) is 9.47 Å². The minimum atomic E-state index is 0.0419. The zero-order valence-electron chi connectivity index (χ0n) is 7.53. The van der Waals surface area contributed by atoms with Crippen molar-refractivity contribution in [2.45, 2.75) is 26.1 Å². The molecule has 0 amide bonds. The van der Waals surface area contributed by atoms with E-state index in [0.29, 0.717) is 0 Å². The lowest BCUT2D eigenvalue weighted by Gasteiger charge is -2.05. The minimum Gasteiger partial charge on any atom is -0.350 e. The third kappa shape index (κ3) is 3.69. The SMILES string of the molecule is CC=CC=CCCC1OCCO1. The molecule has 0 saturated carbocycles. The Kier molecular flexibility index (Phi) is 4.73. The lowest BCUT2D eigenvalue weighted by molar-refractivity contribution is -0.0457. The molecule has 1 heterocycles. The molecule has 0 aliphatic carbocycles. The molecular weight excluding hydrogens is 152 g/mol. The van der Waals surface area contributed by atoms with E-state index in [2.05, 4.69) is 12.2 Å². The van der Waals surface area contributed by atoms with Crippen molar-refractivity contribution in [1.82, 2.24) is 0 Å². The fraction of sp³-hybridized carbons (Fsp3) is 0.600. The van der Waals surface area contributed by atoms with Crippen LogP contribution in [0.2, 0.25) is 0 Å². The normalized spacial score (nSPS) is 20.1. The maximum Gasteiger partial charge on any atom is 0.158 e. The van der Waals surface area contributed by atoms with E-state index in [9.17, 15) is 0 Å². The maximum absolute atomic E-state index is 5.29. The zero-order chi connectivity index (χ0) is 8.65. The van der Waals surface area contributed by atoms with Crippen molar-refractivity contribution in [2.24, 2.45) is 0 Å². The van der Waals surface area contributed by atoms with E-state index < -0.39 is 0 Å². The molecule has 1 fully saturated rings. The maximum atomic E-state index is 5.29. The monoisotopic (exact) mass is 168 g/mol. The van der Waals surface area contributed by atoms with Crippen LogP contribution >= 0.6 is 0 Å². The summed E-state index contributed by atoms with van der Waals surface area (Å²) in [6.07, 6.45) is 10.2. The van der Waals surface area contributed by atoms with Crippen molar-refractivity contribution < 1.29 is 9.47 Å². The molecule has 12 heavy (non-hydrogen) atoms. The molecule has 0 bridgehead atoms. The van der Waals surface area contributed by atoms with E-state index >= 15 is 0 Å². The highest BCUT2D eigenvalue weighted by Crippen LogP contribution is 2.10. The van der Waals surface area contributed by atoms with E-state index in [1.807, 2.05) is 19.1 Å². The van der Waals surface area contributed by atoms with Crippen LogP contribution in [0.25, 0.3) is 0 Å². The van der Waals surface area contributed by atoms with Crippen molar-refractivity contribution in [3.05, 3.63) is 24.3 Å². The molecule has 1 saturated heterocycles.